The van der Waals surface area contributed by atoms with E-state index in [1.807, 2.05) is 38.1 Å². The van der Waals surface area contributed by atoms with E-state index >= 15 is 0 Å². The summed E-state index contributed by atoms with van der Waals surface area (Å²) in [5, 5.41) is 11.1. The van der Waals surface area contributed by atoms with Gasteiger partial charge in [-0.15, -0.1) is 0 Å². The van der Waals surface area contributed by atoms with Crippen LogP contribution < -0.4 is 4.74 Å². The van der Waals surface area contributed by atoms with Crippen LogP contribution in [0, 0.1) is 13.8 Å². The predicted molar refractivity (Wildman–Crippen MR) is 112 cm³/mol. The van der Waals surface area contributed by atoms with Crippen molar-refractivity contribution in [3.05, 3.63) is 64.7 Å². The number of likely N-dealkylation sites (tertiary alicyclic amines) is 1. The first kappa shape index (κ1) is 21.1. The Morgan fingerprint density at radius 3 is 2.34 bits per heavy atom. The van der Waals surface area contributed by atoms with Gasteiger partial charge in [-0.2, -0.15) is 0 Å². The maximum atomic E-state index is 12.6. The Morgan fingerprint density at radius 1 is 1.03 bits per heavy atom. The molecule has 5 nitrogen and oxygen atoms in total. The quantitative estimate of drug-likeness (QED) is 0.756. The molecule has 0 aromatic heterocycles. The van der Waals surface area contributed by atoms with Crippen molar-refractivity contribution in [2.75, 3.05) is 20.2 Å². The third-order valence-corrected chi connectivity index (χ3v) is 5.87. The zero-order chi connectivity index (χ0) is 21.0. The molecular weight excluding hydrogens is 366 g/mol. The zero-order valence-electron chi connectivity index (χ0n) is 17.4. The van der Waals surface area contributed by atoms with Crippen molar-refractivity contribution in [3.8, 4) is 5.75 Å². The van der Waals surface area contributed by atoms with E-state index in [1.165, 1.54) is 0 Å². The van der Waals surface area contributed by atoms with E-state index in [0.717, 1.165) is 22.4 Å². The number of amides is 1. The van der Waals surface area contributed by atoms with E-state index < -0.39 is 5.60 Å². The van der Waals surface area contributed by atoms with Gasteiger partial charge in [-0.05, 0) is 61.6 Å². The minimum absolute atomic E-state index is 0.0320. The molecule has 0 bridgehead atoms. The number of benzene rings is 2. The number of ether oxygens (including phenoxy) is 1. The summed E-state index contributed by atoms with van der Waals surface area (Å²) in [6.07, 6.45) is 1.39. The molecular formula is C24H29NO4. The molecule has 1 N–H and O–H groups in total. The number of carbonyl (C=O) groups is 2. The Labute approximate surface area is 172 Å². The van der Waals surface area contributed by atoms with Gasteiger partial charge < -0.3 is 14.7 Å². The van der Waals surface area contributed by atoms with E-state index in [4.69, 9.17) is 4.74 Å². The van der Waals surface area contributed by atoms with Crippen LogP contribution in [0.3, 0.4) is 0 Å². The highest BCUT2D eigenvalue weighted by molar-refractivity contribution is 5.98. The van der Waals surface area contributed by atoms with Crippen LogP contribution in [0.1, 0.15) is 52.7 Å². The topological polar surface area (TPSA) is 66.8 Å². The summed E-state index contributed by atoms with van der Waals surface area (Å²) in [6, 6.07) is 13.2. The Hall–Kier alpha value is -2.66. The normalized spacial score (nSPS) is 15.8. The van der Waals surface area contributed by atoms with Crippen molar-refractivity contribution in [2.45, 2.75) is 45.1 Å². The number of aliphatic hydroxyl groups is 1. The molecule has 0 atom stereocenters. The number of rotatable bonds is 6. The van der Waals surface area contributed by atoms with Crippen LogP contribution in [0.25, 0.3) is 0 Å². The summed E-state index contributed by atoms with van der Waals surface area (Å²) in [4.78, 5) is 26.8. The van der Waals surface area contributed by atoms with Gasteiger partial charge in [-0.3, -0.25) is 9.59 Å². The number of hydrogen-bond donors (Lipinski definition) is 1. The fraction of sp³-hybridized carbons (Fsp3) is 0.417. The first-order valence-electron chi connectivity index (χ1n) is 10.1. The molecule has 1 fully saturated rings. The summed E-state index contributed by atoms with van der Waals surface area (Å²) < 4.78 is 5.22. The molecule has 1 amide bonds. The summed E-state index contributed by atoms with van der Waals surface area (Å²) in [5.41, 5.74) is 2.62. The summed E-state index contributed by atoms with van der Waals surface area (Å²) in [6.45, 7) is 4.89. The van der Waals surface area contributed by atoms with Gasteiger partial charge >= 0.3 is 0 Å². The van der Waals surface area contributed by atoms with Crippen LogP contribution >= 0.6 is 0 Å². The minimum atomic E-state index is -0.890. The molecule has 1 aliphatic heterocycles. The molecule has 1 aliphatic rings. The van der Waals surface area contributed by atoms with Gasteiger partial charge in [0.25, 0.3) is 0 Å². The standard InChI is InChI=1S/C24H29NO4/c1-17-6-4-5-7-20(17)24(28)12-14-25(15-13-24)23(27)11-9-21(26)19-8-10-22(29-3)18(2)16-19/h4-8,10,16,28H,9,11-15H2,1-3H3. The maximum Gasteiger partial charge on any atom is 0.223 e. The first-order valence-corrected chi connectivity index (χ1v) is 10.1. The molecule has 2 aromatic rings. The second kappa shape index (κ2) is 8.78. The van der Waals surface area contributed by atoms with Crippen molar-refractivity contribution in [3.63, 3.8) is 0 Å². The summed E-state index contributed by atoms with van der Waals surface area (Å²) >= 11 is 0. The first-order chi connectivity index (χ1) is 13.8. The Kier molecular flexibility index (Phi) is 6.38. The number of nitrogens with zero attached hydrogens (tertiary/aromatic N) is 1. The van der Waals surface area contributed by atoms with Crippen LogP contribution in [0.2, 0.25) is 0 Å². The van der Waals surface area contributed by atoms with Crippen molar-refractivity contribution < 1.29 is 19.4 Å². The molecule has 0 spiro atoms. The van der Waals surface area contributed by atoms with Gasteiger partial charge in [0.2, 0.25) is 5.91 Å². The number of ketones is 1. The summed E-state index contributed by atoms with van der Waals surface area (Å²) in [7, 11) is 1.60. The average molecular weight is 395 g/mol. The molecule has 1 saturated heterocycles. The number of hydrogen-bond acceptors (Lipinski definition) is 4. The third-order valence-electron chi connectivity index (χ3n) is 5.87. The molecule has 2 aromatic carbocycles. The molecule has 0 saturated carbocycles. The van der Waals surface area contributed by atoms with E-state index in [9.17, 15) is 14.7 Å². The fourth-order valence-corrected chi connectivity index (χ4v) is 4.07. The molecule has 0 aliphatic carbocycles. The smallest absolute Gasteiger partial charge is 0.223 e. The molecule has 3 rings (SSSR count). The number of aryl methyl sites for hydroxylation is 2. The predicted octanol–water partition coefficient (Wildman–Crippen LogP) is 3.79. The molecule has 0 radical (unpaired) electrons. The monoisotopic (exact) mass is 395 g/mol. The van der Waals surface area contributed by atoms with Crippen LogP contribution in [-0.4, -0.2) is 41.9 Å². The van der Waals surface area contributed by atoms with Crippen molar-refractivity contribution in [1.29, 1.82) is 0 Å². The lowest BCUT2D eigenvalue weighted by molar-refractivity contribution is -0.135. The lowest BCUT2D eigenvalue weighted by atomic mass is 9.82. The summed E-state index contributed by atoms with van der Waals surface area (Å²) in [5.74, 6) is 0.667. The van der Waals surface area contributed by atoms with E-state index in [0.29, 0.717) is 31.5 Å². The lowest BCUT2D eigenvalue weighted by Crippen LogP contribution is -2.45. The highest BCUT2D eigenvalue weighted by Gasteiger charge is 2.36. The van der Waals surface area contributed by atoms with Gasteiger partial charge in [-0.25, -0.2) is 0 Å². The molecule has 1 heterocycles. The maximum absolute atomic E-state index is 12.6. The van der Waals surface area contributed by atoms with Crippen molar-refractivity contribution in [1.82, 2.24) is 4.90 Å². The lowest BCUT2D eigenvalue weighted by Gasteiger charge is -2.39. The fourth-order valence-electron chi connectivity index (χ4n) is 4.07. The van der Waals surface area contributed by atoms with Gasteiger partial charge in [-0.1, -0.05) is 24.3 Å². The third kappa shape index (κ3) is 4.67. The molecule has 154 valence electrons. The van der Waals surface area contributed by atoms with Crippen LogP contribution in [-0.2, 0) is 10.4 Å². The zero-order valence-corrected chi connectivity index (χ0v) is 17.4. The number of Topliss-reactive ketones (excluding diaryl/α,β-unsaturated/α-hetero) is 1. The second-order valence-electron chi connectivity index (χ2n) is 7.83. The second-order valence-corrected chi connectivity index (χ2v) is 7.83. The Bertz CT molecular complexity index is 898. The van der Waals surface area contributed by atoms with Crippen LogP contribution in [0.4, 0.5) is 0 Å². The average Bonchev–Trinajstić information content (AvgIpc) is 2.72. The van der Waals surface area contributed by atoms with Crippen LogP contribution in [0.5, 0.6) is 5.75 Å². The number of carbonyl (C=O) groups excluding carboxylic acids is 2. The molecule has 5 heteroatoms. The van der Waals surface area contributed by atoms with Crippen molar-refractivity contribution in [2.24, 2.45) is 0 Å². The largest absolute Gasteiger partial charge is 0.496 e. The van der Waals surface area contributed by atoms with Gasteiger partial charge in [0.05, 0.1) is 12.7 Å². The van der Waals surface area contributed by atoms with Crippen LogP contribution in [0.15, 0.2) is 42.5 Å². The SMILES string of the molecule is COc1ccc(C(=O)CCC(=O)N2CCC(O)(c3ccccc3C)CC2)cc1C. The highest BCUT2D eigenvalue weighted by Crippen LogP contribution is 2.34. The number of methoxy groups -OCH3 is 1. The highest BCUT2D eigenvalue weighted by atomic mass is 16.5. The van der Waals surface area contributed by atoms with Gasteiger partial charge in [0.15, 0.2) is 5.78 Å². The Balaban J connectivity index is 1.54. The molecule has 29 heavy (non-hydrogen) atoms. The van der Waals surface area contributed by atoms with E-state index in [-0.39, 0.29) is 24.5 Å². The van der Waals surface area contributed by atoms with E-state index in [2.05, 4.69) is 0 Å². The number of piperidine rings is 1. The van der Waals surface area contributed by atoms with Gasteiger partial charge in [0.1, 0.15) is 5.75 Å². The van der Waals surface area contributed by atoms with Crippen molar-refractivity contribution >= 4 is 11.7 Å². The minimum Gasteiger partial charge on any atom is -0.496 e. The van der Waals surface area contributed by atoms with E-state index in [1.54, 1.807) is 30.2 Å². The van der Waals surface area contributed by atoms with Gasteiger partial charge in [0, 0.05) is 31.5 Å². The Morgan fingerprint density at radius 2 is 1.72 bits per heavy atom. The molecule has 0 unspecified atom stereocenters.